The molecule has 0 aromatic heterocycles. The number of nitrogens with zero attached hydrogens (tertiary/aromatic N) is 1. The van der Waals surface area contributed by atoms with Gasteiger partial charge in [0.25, 0.3) is 5.91 Å². The second-order valence-electron chi connectivity index (χ2n) is 5.24. The van der Waals surface area contributed by atoms with E-state index < -0.39 is 0 Å². The lowest BCUT2D eigenvalue weighted by Gasteiger charge is -2.34. The van der Waals surface area contributed by atoms with Crippen molar-refractivity contribution < 1.29 is 9.53 Å². The van der Waals surface area contributed by atoms with Crippen molar-refractivity contribution in [2.24, 2.45) is 5.92 Å². The summed E-state index contributed by atoms with van der Waals surface area (Å²) in [7, 11) is 3.37. The molecular formula is C15H23N3O2. The number of benzene rings is 1. The number of piperidine rings is 1. The molecule has 1 saturated heterocycles. The summed E-state index contributed by atoms with van der Waals surface area (Å²) in [6.07, 6.45) is 2.23. The van der Waals surface area contributed by atoms with Crippen LogP contribution in [-0.4, -0.2) is 39.8 Å². The largest absolute Gasteiger partial charge is 0.397 e. The van der Waals surface area contributed by atoms with Gasteiger partial charge in [0, 0.05) is 39.4 Å². The number of rotatable bonds is 4. The minimum absolute atomic E-state index is 0.109. The van der Waals surface area contributed by atoms with Gasteiger partial charge in [0.05, 0.1) is 11.4 Å². The summed E-state index contributed by atoms with van der Waals surface area (Å²) < 4.78 is 5.21. The molecule has 1 aromatic rings. The molecule has 0 radical (unpaired) electrons. The number of hydrogen-bond donors (Lipinski definition) is 2. The number of methoxy groups -OCH3 is 1. The zero-order valence-corrected chi connectivity index (χ0v) is 12.2. The molecule has 5 nitrogen and oxygen atoms in total. The molecule has 5 heteroatoms. The summed E-state index contributed by atoms with van der Waals surface area (Å²) >= 11 is 0. The molecule has 0 saturated carbocycles. The predicted octanol–water partition coefficient (Wildman–Crippen LogP) is 1.49. The van der Waals surface area contributed by atoms with Crippen LogP contribution in [0.3, 0.4) is 0 Å². The second-order valence-corrected chi connectivity index (χ2v) is 5.24. The van der Waals surface area contributed by atoms with Crippen molar-refractivity contribution >= 4 is 17.3 Å². The average molecular weight is 277 g/mol. The van der Waals surface area contributed by atoms with Crippen LogP contribution in [0.2, 0.25) is 0 Å². The van der Waals surface area contributed by atoms with Gasteiger partial charge in [0.2, 0.25) is 0 Å². The summed E-state index contributed by atoms with van der Waals surface area (Å²) in [5, 5.41) is 2.61. The first-order valence-electron chi connectivity index (χ1n) is 7.01. The summed E-state index contributed by atoms with van der Waals surface area (Å²) in [5.74, 6) is 0.532. The maximum Gasteiger partial charge on any atom is 0.251 e. The van der Waals surface area contributed by atoms with E-state index in [9.17, 15) is 4.79 Å². The SMILES string of the molecule is CNC(=O)c1ccc(N2CCC(COC)CC2)c(N)c1. The number of carbonyl (C=O) groups excluding carboxylic acids is 1. The maximum absolute atomic E-state index is 11.6. The molecule has 0 aliphatic carbocycles. The summed E-state index contributed by atoms with van der Waals surface area (Å²) in [6.45, 7) is 2.80. The Morgan fingerprint density at radius 1 is 1.45 bits per heavy atom. The van der Waals surface area contributed by atoms with Crippen LogP contribution in [0, 0.1) is 5.92 Å². The highest BCUT2D eigenvalue weighted by molar-refractivity contribution is 5.96. The van der Waals surface area contributed by atoms with Crippen LogP contribution < -0.4 is 16.0 Å². The van der Waals surface area contributed by atoms with Gasteiger partial charge in [-0.3, -0.25) is 4.79 Å². The first-order chi connectivity index (χ1) is 9.65. The van der Waals surface area contributed by atoms with Crippen LogP contribution in [0.1, 0.15) is 23.2 Å². The molecule has 3 N–H and O–H groups in total. The third-order valence-corrected chi connectivity index (χ3v) is 3.87. The lowest BCUT2D eigenvalue weighted by atomic mass is 9.97. The molecular weight excluding hydrogens is 254 g/mol. The van der Waals surface area contributed by atoms with Crippen LogP contribution in [0.5, 0.6) is 0 Å². The van der Waals surface area contributed by atoms with Crippen molar-refractivity contribution in [3.63, 3.8) is 0 Å². The van der Waals surface area contributed by atoms with Crippen LogP contribution in [-0.2, 0) is 4.74 Å². The molecule has 20 heavy (non-hydrogen) atoms. The predicted molar refractivity (Wildman–Crippen MR) is 81.1 cm³/mol. The van der Waals surface area contributed by atoms with Crippen molar-refractivity contribution in [1.29, 1.82) is 0 Å². The Hall–Kier alpha value is -1.75. The maximum atomic E-state index is 11.6. The van der Waals surface area contributed by atoms with Crippen molar-refractivity contribution in [3.05, 3.63) is 23.8 Å². The fraction of sp³-hybridized carbons (Fsp3) is 0.533. The highest BCUT2D eigenvalue weighted by Gasteiger charge is 2.20. The molecule has 1 fully saturated rings. The lowest BCUT2D eigenvalue weighted by molar-refractivity contribution is 0.0963. The zero-order chi connectivity index (χ0) is 14.5. The number of nitrogens with two attached hydrogens (primary N) is 1. The standard InChI is InChI=1S/C15H23N3O2/c1-17-15(19)12-3-4-14(13(16)9-12)18-7-5-11(6-8-18)10-20-2/h3-4,9,11H,5-8,10,16H2,1-2H3,(H,17,19). The Kier molecular flexibility index (Phi) is 4.84. The van der Waals surface area contributed by atoms with E-state index >= 15 is 0 Å². The van der Waals surface area contributed by atoms with Gasteiger partial charge >= 0.3 is 0 Å². The molecule has 1 heterocycles. The van der Waals surface area contributed by atoms with Crippen molar-refractivity contribution in [2.45, 2.75) is 12.8 Å². The van der Waals surface area contributed by atoms with Gasteiger partial charge in [0.1, 0.15) is 0 Å². The molecule has 1 amide bonds. The monoisotopic (exact) mass is 277 g/mol. The molecule has 2 rings (SSSR count). The first kappa shape index (κ1) is 14.7. The fourth-order valence-corrected chi connectivity index (χ4v) is 2.70. The lowest BCUT2D eigenvalue weighted by Crippen LogP contribution is -2.35. The molecule has 0 atom stereocenters. The number of amides is 1. The first-order valence-corrected chi connectivity index (χ1v) is 7.01. The number of carbonyl (C=O) groups is 1. The summed E-state index contributed by atoms with van der Waals surface area (Å²) in [6, 6.07) is 5.51. The van der Waals surface area contributed by atoms with Crippen LogP contribution >= 0.6 is 0 Å². The van der Waals surface area contributed by atoms with E-state index in [1.807, 2.05) is 12.1 Å². The zero-order valence-electron chi connectivity index (χ0n) is 12.2. The number of nitrogens with one attached hydrogen (secondary N) is 1. The number of ether oxygens (including phenoxy) is 1. The van der Waals surface area contributed by atoms with Crippen molar-refractivity contribution in [3.8, 4) is 0 Å². The topological polar surface area (TPSA) is 67.6 Å². The smallest absolute Gasteiger partial charge is 0.251 e. The Balaban J connectivity index is 2.05. The van der Waals surface area contributed by atoms with Gasteiger partial charge < -0.3 is 20.7 Å². The van der Waals surface area contributed by atoms with E-state index in [0.717, 1.165) is 38.2 Å². The normalized spacial score (nSPS) is 16.2. The minimum Gasteiger partial charge on any atom is -0.397 e. The van der Waals surface area contributed by atoms with E-state index in [-0.39, 0.29) is 5.91 Å². The van der Waals surface area contributed by atoms with Crippen LogP contribution in [0.4, 0.5) is 11.4 Å². The quantitative estimate of drug-likeness (QED) is 0.818. The minimum atomic E-state index is -0.109. The second kappa shape index (κ2) is 6.61. The van der Waals surface area contributed by atoms with Crippen LogP contribution in [0.15, 0.2) is 18.2 Å². The van der Waals surface area contributed by atoms with Gasteiger partial charge in [0.15, 0.2) is 0 Å². The van der Waals surface area contributed by atoms with Crippen molar-refractivity contribution in [1.82, 2.24) is 5.32 Å². The summed E-state index contributed by atoms with van der Waals surface area (Å²) in [5.41, 5.74) is 8.38. The van der Waals surface area contributed by atoms with Crippen LogP contribution in [0.25, 0.3) is 0 Å². The summed E-state index contributed by atoms with van der Waals surface area (Å²) in [4.78, 5) is 13.9. The molecule has 0 bridgehead atoms. The number of anilines is 2. The van der Waals surface area contributed by atoms with Gasteiger partial charge in [-0.15, -0.1) is 0 Å². The molecule has 110 valence electrons. The van der Waals surface area contributed by atoms with E-state index in [2.05, 4.69) is 10.2 Å². The van der Waals surface area contributed by atoms with E-state index in [1.54, 1.807) is 20.2 Å². The Morgan fingerprint density at radius 2 is 2.15 bits per heavy atom. The highest BCUT2D eigenvalue weighted by Crippen LogP contribution is 2.29. The average Bonchev–Trinajstić information content (AvgIpc) is 2.47. The van der Waals surface area contributed by atoms with Gasteiger partial charge in [-0.2, -0.15) is 0 Å². The Bertz CT molecular complexity index is 468. The van der Waals surface area contributed by atoms with E-state index in [4.69, 9.17) is 10.5 Å². The molecule has 0 unspecified atom stereocenters. The van der Waals surface area contributed by atoms with Crippen molar-refractivity contribution in [2.75, 3.05) is 44.5 Å². The highest BCUT2D eigenvalue weighted by atomic mass is 16.5. The Labute approximate surface area is 120 Å². The molecule has 0 spiro atoms. The fourth-order valence-electron chi connectivity index (χ4n) is 2.70. The number of hydrogen-bond acceptors (Lipinski definition) is 4. The van der Waals surface area contributed by atoms with E-state index in [1.165, 1.54) is 0 Å². The third kappa shape index (κ3) is 3.22. The number of nitrogen functional groups attached to an aromatic ring is 1. The molecule has 1 aromatic carbocycles. The molecule has 1 aliphatic rings. The van der Waals surface area contributed by atoms with Gasteiger partial charge in [-0.25, -0.2) is 0 Å². The Morgan fingerprint density at radius 3 is 2.70 bits per heavy atom. The van der Waals surface area contributed by atoms with E-state index in [0.29, 0.717) is 17.2 Å². The third-order valence-electron chi connectivity index (χ3n) is 3.87. The van der Waals surface area contributed by atoms with Gasteiger partial charge in [-0.1, -0.05) is 0 Å². The van der Waals surface area contributed by atoms with Gasteiger partial charge in [-0.05, 0) is 37.0 Å². The molecule has 1 aliphatic heterocycles.